The highest BCUT2D eigenvalue weighted by atomic mass is 16.5. The smallest absolute Gasteiger partial charge is 0.488 e. The number of hydrogen-bond acceptors (Lipinski definition) is 4. The fourth-order valence-corrected chi connectivity index (χ4v) is 1.33. The Morgan fingerprint density at radius 3 is 2.65 bits per heavy atom. The molecule has 5 heteroatoms. The van der Waals surface area contributed by atoms with Crippen LogP contribution in [-0.2, 0) is 0 Å². The summed E-state index contributed by atoms with van der Waals surface area (Å²) in [5.41, 5.74) is 0.444. The van der Waals surface area contributed by atoms with E-state index in [2.05, 4.69) is 18.7 Å². The molecule has 4 nitrogen and oxygen atoms in total. The van der Waals surface area contributed by atoms with E-state index in [0.717, 1.165) is 6.54 Å². The predicted molar refractivity (Wildman–Crippen MR) is 69.5 cm³/mol. The average Bonchev–Trinajstić information content (AvgIpc) is 2.29. The third-order valence-corrected chi connectivity index (χ3v) is 2.75. The van der Waals surface area contributed by atoms with Gasteiger partial charge in [0.2, 0.25) is 0 Å². The van der Waals surface area contributed by atoms with Crippen LogP contribution in [0.15, 0.2) is 24.3 Å². The van der Waals surface area contributed by atoms with Crippen LogP contribution in [0.25, 0.3) is 0 Å². The van der Waals surface area contributed by atoms with E-state index in [9.17, 15) is 0 Å². The van der Waals surface area contributed by atoms with Crippen LogP contribution in [0.3, 0.4) is 0 Å². The normalized spacial score (nSPS) is 11.0. The molecule has 1 aromatic carbocycles. The standard InChI is InChI=1S/C12H20BNO3/c1-10(2)14(3)7-8-17-12-6-4-5-11(9-12)13(15)16/h4-6,9-10,15-16H,7-8H2,1-3H3. The van der Waals surface area contributed by atoms with E-state index in [-0.39, 0.29) is 0 Å². The first-order valence-corrected chi connectivity index (χ1v) is 5.80. The first kappa shape index (κ1) is 14.0. The molecule has 1 aromatic rings. The second kappa shape index (κ2) is 6.64. The first-order valence-electron chi connectivity index (χ1n) is 5.80. The molecule has 0 heterocycles. The van der Waals surface area contributed by atoms with Crippen molar-refractivity contribution in [3.05, 3.63) is 24.3 Å². The van der Waals surface area contributed by atoms with Crippen LogP contribution in [0.5, 0.6) is 5.75 Å². The minimum atomic E-state index is -1.45. The maximum absolute atomic E-state index is 9.03. The van der Waals surface area contributed by atoms with Crippen LogP contribution in [0, 0.1) is 0 Å². The van der Waals surface area contributed by atoms with Crippen molar-refractivity contribution in [3.8, 4) is 5.75 Å². The van der Waals surface area contributed by atoms with Crippen molar-refractivity contribution in [1.82, 2.24) is 4.90 Å². The van der Waals surface area contributed by atoms with Crippen molar-refractivity contribution in [2.75, 3.05) is 20.2 Å². The zero-order valence-electron chi connectivity index (χ0n) is 10.6. The Bertz CT molecular complexity index is 344. The van der Waals surface area contributed by atoms with Gasteiger partial charge in [0.25, 0.3) is 0 Å². The summed E-state index contributed by atoms with van der Waals surface area (Å²) in [5.74, 6) is 0.660. The molecule has 0 aromatic heterocycles. The zero-order valence-corrected chi connectivity index (χ0v) is 10.6. The summed E-state index contributed by atoms with van der Waals surface area (Å²) in [4.78, 5) is 2.19. The minimum absolute atomic E-state index is 0.444. The van der Waals surface area contributed by atoms with Crippen LogP contribution in [0.2, 0.25) is 0 Å². The molecule has 0 radical (unpaired) electrons. The van der Waals surface area contributed by atoms with Crippen LogP contribution >= 0.6 is 0 Å². The molecule has 17 heavy (non-hydrogen) atoms. The van der Waals surface area contributed by atoms with Gasteiger partial charge in [-0.15, -0.1) is 0 Å². The molecule has 94 valence electrons. The molecule has 0 amide bonds. The van der Waals surface area contributed by atoms with Gasteiger partial charge in [-0.2, -0.15) is 0 Å². The third kappa shape index (κ3) is 4.77. The lowest BCUT2D eigenvalue weighted by atomic mass is 9.80. The van der Waals surface area contributed by atoms with E-state index < -0.39 is 7.12 Å². The van der Waals surface area contributed by atoms with Crippen molar-refractivity contribution in [3.63, 3.8) is 0 Å². The van der Waals surface area contributed by atoms with Gasteiger partial charge in [-0.3, -0.25) is 0 Å². The summed E-state index contributed by atoms with van der Waals surface area (Å²) in [6, 6.07) is 7.33. The van der Waals surface area contributed by atoms with Gasteiger partial charge in [0.15, 0.2) is 0 Å². The fraction of sp³-hybridized carbons (Fsp3) is 0.500. The number of nitrogens with zero attached hydrogens (tertiary/aromatic N) is 1. The van der Waals surface area contributed by atoms with Crippen LogP contribution in [0.1, 0.15) is 13.8 Å². The molecule has 0 bridgehead atoms. The first-order chi connectivity index (χ1) is 8.00. The average molecular weight is 237 g/mol. The van der Waals surface area contributed by atoms with E-state index in [1.54, 1.807) is 24.3 Å². The van der Waals surface area contributed by atoms with Gasteiger partial charge in [-0.05, 0) is 38.5 Å². The second-order valence-electron chi connectivity index (χ2n) is 4.37. The number of hydrogen-bond donors (Lipinski definition) is 2. The number of rotatable bonds is 6. The quantitative estimate of drug-likeness (QED) is 0.688. The Hall–Kier alpha value is -1.04. The summed E-state index contributed by atoms with van der Waals surface area (Å²) >= 11 is 0. The summed E-state index contributed by atoms with van der Waals surface area (Å²) in [6.07, 6.45) is 0. The Balaban J connectivity index is 2.44. The molecule has 0 unspecified atom stereocenters. The summed E-state index contributed by atoms with van der Waals surface area (Å²) in [5, 5.41) is 18.1. The van der Waals surface area contributed by atoms with Crippen molar-refractivity contribution < 1.29 is 14.8 Å². The van der Waals surface area contributed by atoms with E-state index in [0.29, 0.717) is 23.9 Å². The van der Waals surface area contributed by atoms with Crippen LogP contribution in [0.4, 0.5) is 0 Å². The highest BCUT2D eigenvalue weighted by molar-refractivity contribution is 6.58. The topological polar surface area (TPSA) is 52.9 Å². The van der Waals surface area contributed by atoms with E-state index in [1.807, 2.05) is 7.05 Å². The molecular formula is C12H20BNO3. The molecule has 1 rings (SSSR count). The maximum Gasteiger partial charge on any atom is 0.488 e. The summed E-state index contributed by atoms with van der Waals surface area (Å²) < 4.78 is 5.55. The van der Waals surface area contributed by atoms with Gasteiger partial charge in [0, 0.05) is 12.6 Å². The van der Waals surface area contributed by atoms with Gasteiger partial charge < -0.3 is 19.7 Å². The summed E-state index contributed by atoms with van der Waals surface area (Å²) in [7, 11) is 0.596. The largest absolute Gasteiger partial charge is 0.492 e. The lowest BCUT2D eigenvalue weighted by molar-refractivity contribution is 0.208. The number of likely N-dealkylation sites (N-methyl/N-ethyl adjacent to an activating group) is 1. The fourth-order valence-electron chi connectivity index (χ4n) is 1.33. The monoisotopic (exact) mass is 237 g/mol. The Morgan fingerprint density at radius 2 is 2.06 bits per heavy atom. The van der Waals surface area contributed by atoms with Gasteiger partial charge in [-0.1, -0.05) is 12.1 Å². The molecule has 0 atom stereocenters. The van der Waals surface area contributed by atoms with E-state index in [4.69, 9.17) is 14.8 Å². The lowest BCUT2D eigenvalue weighted by Gasteiger charge is -2.20. The second-order valence-corrected chi connectivity index (χ2v) is 4.37. The van der Waals surface area contributed by atoms with E-state index in [1.165, 1.54) is 0 Å². The molecule has 0 aliphatic carbocycles. The summed E-state index contributed by atoms with van der Waals surface area (Å²) in [6.45, 7) is 5.68. The molecular weight excluding hydrogens is 217 g/mol. The molecule has 0 spiro atoms. The number of ether oxygens (including phenoxy) is 1. The molecule has 0 saturated heterocycles. The van der Waals surface area contributed by atoms with Crippen LogP contribution in [-0.4, -0.2) is 48.3 Å². The van der Waals surface area contributed by atoms with Crippen LogP contribution < -0.4 is 10.2 Å². The van der Waals surface area contributed by atoms with E-state index >= 15 is 0 Å². The molecule has 0 fully saturated rings. The van der Waals surface area contributed by atoms with Gasteiger partial charge in [0.05, 0.1) is 0 Å². The predicted octanol–water partition coefficient (Wildman–Crippen LogP) is 0.0854. The Labute approximate surface area is 103 Å². The SMILES string of the molecule is CC(C)N(C)CCOc1cccc(B(O)O)c1. The Kier molecular flexibility index (Phi) is 5.48. The highest BCUT2D eigenvalue weighted by Gasteiger charge is 2.11. The van der Waals surface area contributed by atoms with Gasteiger partial charge >= 0.3 is 7.12 Å². The van der Waals surface area contributed by atoms with Crippen molar-refractivity contribution in [1.29, 1.82) is 0 Å². The Morgan fingerprint density at radius 1 is 1.35 bits per heavy atom. The minimum Gasteiger partial charge on any atom is -0.492 e. The molecule has 0 saturated carbocycles. The van der Waals surface area contributed by atoms with Crippen molar-refractivity contribution in [2.24, 2.45) is 0 Å². The zero-order chi connectivity index (χ0) is 12.8. The lowest BCUT2D eigenvalue weighted by Crippen LogP contribution is -2.31. The maximum atomic E-state index is 9.03. The molecule has 2 N–H and O–H groups in total. The highest BCUT2D eigenvalue weighted by Crippen LogP contribution is 2.07. The molecule has 0 aliphatic heterocycles. The number of benzene rings is 1. The van der Waals surface area contributed by atoms with Crippen molar-refractivity contribution >= 4 is 12.6 Å². The third-order valence-electron chi connectivity index (χ3n) is 2.75. The van der Waals surface area contributed by atoms with Crippen molar-refractivity contribution in [2.45, 2.75) is 19.9 Å². The van der Waals surface area contributed by atoms with Gasteiger partial charge in [-0.25, -0.2) is 0 Å². The molecule has 0 aliphatic rings. The van der Waals surface area contributed by atoms with Gasteiger partial charge in [0.1, 0.15) is 12.4 Å².